The third-order valence-electron chi connectivity index (χ3n) is 1.94. The van der Waals surface area contributed by atoms with E-state index < -0.39 is 0 Å². The molecule has 4 nitrogen and oxygen atoms in total. The predicted molar refractivity (Wildman–Crippen MR) is 49.3 cm³/mol. The predicted octanol–water partition coefficient (Wildman–Crippen LogP) is 0.0488. The summed E-state index contributed by atoms with van der Waals surface area (Å²) in [6.45, 7) is 4.48. The van der Waals surface area contributed by atoms with Gasteiger partial charge in [0.05, 0.1) is 0 Å². The fourth-order valence-electron chi connectivity index (χ4n) is 0.808. The second-order valence-corrected chi connectivity index (χ2v) is 3.12. The van der Waals surface area contributed by atoms with E-state index in [1.807, 2.05) is 25.9 Å². The van der Waals surface area contributed by atoms with Crippen molar-refractivity contribution in [2.45, 2.75) is 26.3 Å². The molecule has 0 aliphatic heterocycles. The van der Waals surface area contributed by atoms with E-state index in [0.29, 0.717) is 19.0 Å². The van der Waals surface area contributed by atoms with E-state index in [-0.39, 0.29) is 5.91 Å². The Balaban J connectivity index is 4.00. The minimum atomic E-state index is 0.0636. The van der Waals surface area contributed by atoms with Gasteiger partial charge in [-0.1, -0.05) is 0 Å². The van der Waals surface area contributed by atoms with Crippen LogP contribution in [0.3, 0.4) is 0 Å². The first kappa shape index (κ1) is 11.4. The molecule has 0 atom stereocenters. The molecule has 0 bridgehead atoms. The molecular weight excluding hydrogens is 154 g/mol. The van der Waals surface area contributed by atoms with E-state index in [1.165, 1.54) is 0 Å². The number of rotatable bonds is 4. The zero-order valence-corrected chi connectivity index (χ0v) is 8.37. The Morgan fingerprint density at radius 3 is 2.25 bits per heavy atom. The number of nitrogens with two attached hydrogens (primary N) is 1. The first-order chi connectivity index (χ1) is 5.50. The minimum absolute atomic E-state index is 0.0636. The molecule has 12 heavy (non-hydrogen) atoms. The van der Waals surface area contributed by atoms with Crippen molar-refractivity contribution in [2.75, 3.05) is 20.6 Å². The number of amides is 1. The maximum atomic E-state index is 11.3. The van der Waals surface area contributed by atoms with Crippen LogP contribution >= 0.6 is 0 Å². The van der Waals surface area contributed by atoms with E-state index in [2.05, 4.69) is 0 Å². The van der Waals surface area contributed by atoms with Crippen molar-refractivity contribution in [1.29, 1.82) is 0 Å². The van der Waals surface area contributed by atoms with E-state index >= 15 is 0 Å². The first-order valence-corrected chi connectivity index (χ1v) is 4.20. The standard InChI is InChI=1S/C8H19N3O/c1-7(2)10(3)11(4)8(12)5-6-9/h7H,5-6,9H2,1-4H3. The quantitative estimate of drug-likeness (QED) is 0.611. The third-order valence-corrected chi connectivity index (χ3v) is 1.94. The average molecular weight is 173 g/mol. The van der Waals surface area contributed by atoms with Crippen LogP contribution in [0.4, 0.5) is 0 Å². The summed E-state index contributed by atoms with van der Waals surface area (Å²) in [5, 5.41) is 3.50. The molecule has 0 aromatic carbocycles. The lowest BCUT2D eigenvalue weighted by Crippen LogP contribution is -2.45. The molecule has 0 aliphatic rings. The smallest absolute Gasteiger partial charge is 0.237 e. The molecule has 2 N–H and O–H groups in total. The monoisotopic (exact) mass is 173 g/mol. The zero-order chi connectivity index (χ0) is 9.72. The van der Waals surface area contributed by atoms with E-state index in [1.54, 1.807) is 12.1 Å². The maximum Gasteiger partial charge on any atom is 0.237 e. The van der Waals surface area contributed by atoms with Crippen LogP contribution in [0, 0.1) is 0 Å². The van der Waals surface area contributed by atoms with Gasteiger partial charge in [-0.3, -0.25) is 9.80 Å². The van der Waals surface area contributed by atoms with Crippen LogP contribution in [0.15, 0.2) is 0 Å². The molecule has 1 amide bonds. The molecule has 0 radical (unpaired) electrons. The van der Waals surface area contributed by atoms with Crippen molar-refractivity contribution in [1.82, 2.24) is 10.0 Å². The van der Waals surface area contributed by atoms with Crippen LogP contribution < -0.4 is 5.73 Å². The molecular formula is C8H19N3O. The van der Waals surface area contributed by atoms with Crippen LogP contribution in [0.5, 0.6) is 0 Å². The lowest BCUT2D eigenvalue weighted by Gasteiger charge is -2.31. The SMILES string of the molecule is CC(C)N(C)N(C)C(=O)CCN. The molecule has 0 heterocycles. The highest BCUT2D eigenvalue weighted by atomic mass is 16.2. The molecule has 0 aromatic heterocycles. The van der Waals surface area contributed by atoms with Gasteiger partial charge >= 0.3 is 0 Å². The Bertz CT molecular complexity index is 147. The molecule has 0 aromatic rings. The van der Waals surface area contributed by atoms with E-state index in [4.69, 9.17) is 5.73 Å². The fourth-order valence-corrected chi connectivity index (χ4v) is 0.808. The zero-order valence-electron chi connectivity index (χ0n) is 8.37. The Labute approximate surface area is 74.3 Å². The molecule has 0 saturated heterocycles. The van der Waals surface area contributed by atoms with Gasteiger partial charge in [-0.2, -0.15) is 0 Å². The highest BCUT2D eigenvalue weighted by Crippen LogP contribution is 1.99. The van der Waals surface area contributed by atoms with Gasteiger partial charge in [-0.05, 0) is 13.8 Å². The number of nitrogens with zero attached hydrogens (tertiary/aromatic N) is 2. The molecule has 72 valence electrons. The number of hydrogen-bond donors (Lipinski definition) is 1. The Hall–Kier alpha value is -0.610. The normalized spacial score (nSPS) is 10.9. The van der Waals surface area contributed by atoms with Crippen molar-refractivity contribution in [3.63, 3.8) is 0 Å². The summed E-state index contributed by atoms with van der Waals surface area (Å²) in [6, 6.07) is 0.330. The Morgan fingerprint density at radius 2 is 1.92 bits per heavy atom. The van der Waals surface area contributed by atoms with Crippen LogP contribution in [0.25, 0.3) is 0 Å². The molecule has 0 unspecified atom stereocenters. The van der Waals surface area contributed by atoms with E-state index in [0.717, 1.165) is 0 Å². The lowest BCUT2D eigenvalue weighted by atomic mass is 10.3. The van der Waals surface area contributed by atoms with Gasteiger partial charge in [-0.15, -0.1) is 0 Å². The van der Waals surface area contributed by atoms with Gasteiger partial charge in [0.2, 0.25) is 5.91 Å². The van der Waals surface area contributed by atoms with Gasteiger partial charge < -0.3 is 5.73 Å². The number of hydrogen-bond acceptors (Lipinski definition) is 3. The first-order valence-electron chi connectivity index (χ1n) is 4.20. The lowest BCUT2D eigenvalue weighted by molar-refractivity contribution is -0.145. The second kappa shape index (κ2) is 5.11. The van der Waals surface area contributed by atoms with Crippen LogP contribution in [-0.4, -0.2) is 42.6 Å². The molecule has 0 saturated carbocycles. The maximum absolute atomic E-state index is 11.3. The summed E-state index contributed by atoms with van der Waals surface area (Å²) in [6.07, 6.45) is 0.410. The number of carbonyl (C=O) groups is 1. The van der Waals surface area contributed by atoms with Gasteiger partial charge in [0.1, 0.15) is 0 Å². The third kappa shape index (κ3) is 3.19. The summed E-state index contributed by atoms with van der Waals surface area (Å²) in [5.41, 5.74) is 5.28. The summed E-state index contributed by atoms with van der Waals surface area (Å²) in [4.78, 5) is 11.3. The highest BCUT2D eigenvalue weighted by molar-refractivity contribution is 5.75. The Kier molecular flexibility index (Phi) is 4.85. The van der Waals surface area contributed by atoms with Crippen molar-refractivity contribution < 1.29 is 4.79 Å². The molecule has 0 aliphatic carbocycles. The highest BCUT2D eigenvalue weighted by Gasteiger charge is 2.14. The second-order valence-electron chi connectivity index (χ2n) is 3.12. The summed E-state index contributed by atoms with van der Waals surface area (Å²) in [5.74, 6) is 0.0636. The molecule has 0 spiro atoms. The van der Waals surface area contributed by atoms with Crippen molar-refractivity contribution in [3.05, 3.63) is 0 Å². The fraction of sp³-hybridized carbons (Fsp3) is 0.875. The topological polar surface area (TPSA) is 49.6 Å². The van der Waals surface area contributed by atoms with Crippen molar-refractivity contribution in [2.24, 2.45) is 5.73 Å². The molecule has 4 heteroatoms. The molecule has 0 rings (SSSR count). The van der Waals surface area contributed by atoms with Crippen LogP contribution in [0.1, 0.15) is 20.3 Å². The van der Waals surface area contributed by atoms with Crippen LogP contribution in [0.2, 0.25) is 0 Å². The van der Waals surface area contributed by atoms with E-state index in [9.17, 15) is 4.79 Å². The van der Waals surface area contributed by atoms with Crippen LogP contribution in [-0.2, 0) is 4.79 Å². The summed E-state index contributed by atoms with van der Waals surface area (Å²) < 4.78 is 0. The Morgan fingerprint density at radius 1 is 1.42 bits per heavy atom. The summed E-state index contributed by atoms with van der Waals surface area (Å²) in [7, 11) is 3.65. The number of hydrazine groups is 1. The summed E-state index contributed by atoms with van der Waals surface area (Å²) >= 11 is 0. The minimum Gasteiger partial charge on any atom is -0.330 e. The van der Waals surface area contributed by atoms with Gasteiger partial charge in [0.25, 0.3) is 0 Å². The molecule has 0 fully saturated rings. The van der Waals surface area contributed by atoms with Gasteiger partial charge in [0, 0.05) is 33.1 Å². The largest absolute Gasteiger partial charge is 0.330 e. The van der Waals surface area contributed by atoms with Crippen molar-refractivity contribution in [3.8, 4) is 0 Å². The van der Waals surface area contributed by atoms with Crippen molar-refractivity contribution >= 4 is 5.91 Å². The number of carbonyl (C=O) groups excluding carboxylic acids is 1. The van der Waals surface area contributed by atoms with Gasteiger partial charge in [-0.25, -0.2) is 5.01 Å². The average Bonchev–Trinajstić information content (AvgIpc) is 2.02. The van der Waals surface area contributed by atoms with Gasteiger partial charge in [0.15, 0.2) is 0 Å².